The summed E-state index contributed by atoms with van der Waals surface area (Å²) in [7, 11) is 5.70. The first-order valence-corrected chi connectivity index (χ1v) is 7.60. The van der Waals surface area contributed by atoms with E-state index >= 15 is 0 Å². The van der Waals surface area contributed by atoms with E-state index in [0.717, 1.165) is 19.0 Å². The van der Waals surface area contributed by atoms with Gasteiger partial charge in [0.15, 0.2) is 5.96 Å². The molecule has 0 amide bonds. The van der Waals surface area contributed by atoms with Crippen LogP contribution in [0.1, 0.15) is 12.8 Å². The number of likely N-dealkylation sites (N-methyl/N-ethyl adjacent to an activating group) is 1. The Kier molecular flexibility index (Phi) is 13.5. The summed E-state index contributed by atoms with van der Waals surface area (Å²) in [6, 6.07) is 0. The summed E-state index contributed by atoms with van der Waals surface area (Å²) in [4.78, 5) is 9.14. The molecule has 0 unspecified atom stereocenters. The lowest BCUT2D eigenvalue weighted by Crippen LogP contribution is -2.44. The van der Waals surface area contributed by atoms with Crippen LogP contribution in [0, 0.1) is 0 Å². The van der Waals surface area contributed by atoms with Crippen molar-refractivity contribution in [3.8, 4) is 0 Å². The van der Waals surface area contributed by atoms with Crippen molar-refractivity contribution in [3.05, 3.63) is 0 Å². The molecule has 0 saturated carbocycles. The summed E-state index contributed by atoms with van der Waals surface area (Å²) >= 11 is 0. The number of nitrogens with one attached hydrogen (secondary N) is 2. The van der Waals surface area contributed by atoms with E-state index in [1.165, 1.54) is 45.6 Å². The number of hydrogen-bond acceptors (Lipinski definition) is 4. The molecule has 0 aromatic heterocycles. The summed E-state index contributed by atoms with van der Waals surface area (Å²) in [6.07, 6.45) is 2.42. The molecule has 1 aliphatic rings. The van der Waals surface area contributed by atoms with Crippen molar-refractivity contribution in [1.29, 1.82) is 0 Å². The number of halogens is 1. The van der Waals surface area contributed by atoms with E-state index in [0.29, 0.717) is 6.61 Å². The molecule has 0 aliphatic carbocycles. The molecule has 1 fully saturated rings. The molecule has 7 heteroatoms. The maximum absolute atomic E-state index is 5.00. The minimum Gasteiger partial charge on any atom is -0.383 e. The van der Waals surface area contributed by atoms with Crippen molar-refractivity contribution in [2.45, 2.75) is 12.8 Å². The molecule has 1 aliphatic heterocycles. The van der Waals surface area contributed by atoms with Crippen LogP contribution in [-0.4, -0.2) is 89.4 Å². The zero-order valence-corrected chi connectivity index (χ0v) is 16.1. The first-order chi connectivity index (χ1) is 9.76. The van der Waals surface area contributed by atoms with Gasteiger partial charge in [0.2, 0.25) is 0 Å². The van der Waals surface area contributed by atoms with Crippen LogP contribution in [0.5, 0.6) is 0 Å². The summed E-state index contributed by atoms with van der Waals surface area (Å²) in [5.74, 6) is 0.863. The molecule has 1 heterocycles. The van der Waals surface area contributed by atoms with Crippen LogP contribution < -0.4 is 10.6 Å². The smallest absolute Gasteiger partial charge is 0.191 e. The lowest BCUT2D eigenvalue weighted by atomic mass is 10.2. The Morgan fingerprint density at radius 1 is 1.10 bits per heavy atom. The molecular weight excluding hydrogens is 381 g/mol. The molecule has 0 spiro atoms. The Hall–Kier alpha value is -0.120. The van der Waals surface area contributed by atoms with Crippen LogP contribution in [-0.2, 0) is 4.74 Å². The normalized spacial score (nSPS) is 17.4. The highest BCUT2D eigenvalue weighted by Crippen LogP contribution is 2.01. The number of unbranched alkanes of at least 4 members (excludes halogenated alkanes) is 1. The summed E-state index contributed by atoms with van der Waals surface area (Å²) in [5, 5.41) is 6.54. The second-order valence-electron chi connectivity index (χ2n) is 5.27. The van der Waals surface area contributed by atoms with Crippen LogP contribution in [0.25, 0.3) is 0 Å². The van der Waals surface area contributed by atoms with Gasteiger partial charge in [-0.05, 0) is 26.4 Å². The summed E-state index contributed by atoms with van der Waals surface area (Å²) < 4.78 is 5.00. The molecule has 0 atom stereocenters. The van der Waals surface area contributed by atoms with Crippen molar-refractivity contribution in [2.75, 3.05) is 73.6 Å². The standard InChI is InChI=1S/C14H31N5O.HI/c1-15-14(17-7-13-20-3)16-6-4-5-8-19-11-9-18(2)10-12-19;/h4-13H2,1-3H3,(H2,15,16,17);1H. The van der Waals surface area contributed by atoms with Gasteiger partial charge in [0.25, 0.3) is 0 Å². The third kappa shape index (κ3) is 10.3. The molecular formula is C14H32IN5O. The van der Waals surface area contributed by atoms with Crippen molar-refractivity contribution >= 4 is 29.9 Å². The molecule has 0 radical (unpaired) electrons. The van der Waals surface area contributed by atoms with E-state index in [-0.39, 0.29) is 24.0 Å². The van der Waals surface area contributed by atoms with Gasteiger partial charge in [-0.3, -0.25) is 4.99 Å². The predicted octanol–water partition coefficient (Wildman–Crippen LogP) is 0.443. The third-order valence-corrected chi connectivity index (χ3v) is 3.61. The number of ether oxygens (including phenoxy) is 1. The molecule has 1 rings (SSSR count). The fourth-order valence-corrected chi connectivity index (χ4v) is 2.23. The topological polar surface area (TPSA) is 52.1 Å². The highest BCUT2D eigenvalue weighted by molar-refractivity contribution is 14.0. The van der Waals surface area contributed by atoms with Gasteiger partial charge in [-0.2, -0.15) is 0 Å². The number of hydrogen-bond donors (Lipinski definition) is 2. The lowest BCUT2D eigenvalue weighted by Gasteiger charge is -2.32. The number of rotatable bonds is 8. The molecule has 126 valence electrons. The average molecular weight is 413 g/mol. The van der Waals surface area contributed by atoms with Crippen molar-refractivity contribution in [2.24, 2.45) is 4.99 Å². The van der Waals surface area contributed by atoms with Gasteiger partial charge in [-0.1, -0.05) is 0 Å². The fraction of sp³-hybridized carbons (Fsp3) is 0.929. The molecule has 21 heavy (non-hydrogen) atoms. The SMILES string of the molecule is CN=C(NCCCCN1CCN(C)CC1)NCCOC.I. The van der Waals surface area contributed by atoms with Crippen molar-refractivity contribution < 1.29 is 4.74 Å². The first-order valence-electron chi connectivity index (χ1n) is 7.60. The lowest BCUT2D eigenvalue weighted by molar-refractivity contribution is 0.152. The Balaban J connectivity index is 0.00000400. The van der Waals surface area contributed by atoms with Crippen LogP contribution in [0.15, 0.2) is 4.99 Å². The number of guanidine groups is 1. The predicted molar refractivity (Wildman–Crippen MR) is 99.8 cm³/mol. The van der Waals surface area contributed by atoms with E-state index in [4.69, 9.17) is 4.74 Å². The van der Waals surface area contributed by atoms with E-state index in [9.17, 15) is 0 Å². The molecule has 0 aromatic rings. The maximum atomic E-state index is 5.00. The van der Waals surface area contributed by atoms with Crippen LogP contribution in [0.3, 0.4) is 0 Å². The van der Waals surface area contributed by atoms with E-state index < -0.39 is 0 Å². The Bertz CT molecular complexity index is 270. The van der Waals surface area contributed by atoms with Gasteiger partial charge < -0.3 is 25.2 Å². The molecule has 6 nitrogen and oxygen atoms in total. The monoisotopic (exact) mass is 413 g/mol. The van der Waals surface area contributed by atoms with Gasteiger partial charge in [-0.25, -0.2) is 0 Å². The van der Waals surface area contributed by atoms with Crippen LogP contribution >= 0.6 is 24.0 Å². The second kappa shape index (κ2) is 13.5. The van der Waals surface area contributed by atoms with E-state index in [1.807, 2.05) is 0 Å². The zero-order chi connectivity index (χ0) is 14.6. The van der Waals surface area contributed by atoms with Gasteiger partial charge >= 0.3 is 0 Å². The Morgan fingerprint density at radius 3 is 2.38 bits per heavy atom. The number of aliphatic imine (C=N–C) groups is 1. The van der Waals surface area contributed by atoms with Gasteiger partial charge in [0.1, 0.15) is 0 Å². The average Bonchev–Trinajstić information content (AvgIpc) is 2.47. The Labute approximate surface area is 146 Å². The third-order valence-electron chi connectivity index (χ3n) is 3.61. The molecule has 0 bridgehead atoms. The fourth-order valence-electron chi connectivity index (χ4n) is 2.23. The van der Waals surface area contributed by atoms with Crippen molar-refractivity contribution in [3.63, 3.8) is 0 Å². The molecule has 0 aromatic carbocycles. The summed E-state index contributed by atoms with van der Waals surface area (Å²) in [6.45, 7) is 8.50. The maximum Gasteiger partial charge on any atom is 0.191 e. The van der Waals surface area contributed by atoms with E-state index in [2.05, 4.69) is 32.5 Å². The first kappa shape index (κ1) is 20.9. The highest BCUT2D eigenvalue weighted by Gasteiger charge is 2.12. The number of piperazine rings is 1. The minimum absolute atomic E-state index is 0. The minimum atomic E-state index is 0. The van der Waals surface area contributed by atoms with Crippen LogP contribution in [0.2, 0.25) is 0 Å². The number of nitrogens with zero attached hydrogens (tertiary/aromatic N) is 3. The Morgan fingerprint density at radius 2 is 1.76 bits per heavy atom. The quantitative estimate of drug-likeness (QED) is 0.262. The number of methoxy groups -OCH3 is 1. The van der Waals surface area contributed by atoms with E-state index in [1.54, 1.807) is 14.2 Å². The molecule has 1 saturated heterocycles. The van der Waals surface area contributed by atoms with Gasteiger partial charge in [0, 0.05) is 53.4 Å². The van der Waals surface area contributed by atoms with Crippen LogP contribution in [0.4, 0.5) is 0 Å². The molecule has 2 N–H and O–H groups in total. The van der Waals surface area contributed by atoms with Gasteiger partial charge in [-0.15, -0.1) is 24.0 Å². The zero-order valence-electron chi connectivity index (χ0n) is 13.7. The second-order valence-corrected chi connectivity index (χ2v) is 5.27. The highest BCUT2D eigenvalue weighted by atomic mass is 127. The summed E-state index contributed by atoms with van der Waals surface area (Å²) in [5.41, 5.74) is 0. The van der Waals surface area contributed by atoms with Crippen molar-refractivity contribution in [1.82, 2.24) is 20.4 Å². The largest absolute Gasteiger partial charge is 0.383 e. The van der Waals surface area contributed by atoms with Gasteiger partial charge in [0.05, 0.1) is 6.61 Å².